The van der Waals surface area contributed by atoms with E-state index in [1.54, 1.807) is 7.11 Å². The van der Waals surface area contributed by atoms with Gasteiger partial charge < -0.3 is 10.1 Å². The van der Waals surface area contributed by atoms with Gasteiger partial charge in [-0.1, -0.05) is 27.7 Å². The van der Waals surface area contributed by atoms with Crippen LogP contribution in [-0.4, -0.2) is 50.3 Å². The van der Waals surface area contributed by atoms with Crippen LogP contribution in [0.1, 0.15) is 47.5 Å². The van der Waals surface area contributed by atoms with Crippen LogP contribution in [0.15, 0.2) is 0 Å². The maximum absolute atomic E-state index is 5.22. The van der Waals surface area contributed by atoms with E-state index in [-0.39, 0.29) is 0 Å². The summed E-state index contributed by atoms with van der Waals surface area (Å²) in [6, 6.07) is 1.28. The van der Waals surface area contributed by atoms with E-state index in [2.05, 4.69) is 44.8 Å². The van der Waals surface area contributed by atoms with Crippen LogP contribution in [0, 0.1) is 5.92 Å². The number of hydrogen-bond donors (Lipinski definition) is 1. The van der Waals surface area contributed by atoms with Gasteiger partial charge in [0.1, 0.15) is 0 Å². The number of nitrogens with zero attached hydrogens (tertiary/aromatic N) is 1. The molecule has 1 atom stereocenters. The molecule has 3 nitrogen and oxygen atoms in total. The van der Waals surface area contributed by atoms with Gasteiger partial charge in [0.05, 0.1) is 6.61 Å². The number of hydrogen-bond acceptors (Lipinski definition) is 3. The summed E-state index contributed by atoms with van der Waals surface area (Å²) in [5.74, 6) is 0.700. The Morgan fingerprint density at radius 2 is 1.67 bits per heavy atom. The first kappa shape index (κ1) is 17.9. The molecule has 1 N–H and O–H groups in total. The summed E-state index contributed by atoms with van der Waals surface area (Å²) >= 11 is 0. The molecule has 18 heavy (non-hydrogen) atoms. The van der Waals surface area contributed by atoms with Gasteiger partial charge in [-0.05, 0) is 25.7 Å². The van der Waals surface area contributed by atoms with E-state index < -0.39 is 0 Å². The fraction of sp³-hybridized carbons (Fsp3) is 1.00. The highest BCUT2D eigenvalue weighted by molar-refractivity contribution is 4.72. The Hall–Kier alpha value is -0.120. The van der Waals surface area contributed by atoms with Gasteiger partial charge in [0.25, 0.3) is 0 Å². The lowest BCUT2D eigenvalue weighted by molar-refractivity contribution is 0.115. The highest BCUT2D eigenvalue weighted by Gasteiger charge is 2.15. The zero-order valence-electron chi connectivity index (χ0n) is 13.3. The van der Waals surface area contributed by atoms with Crippen LogP contribution in [-0.2, 0) is 4.74 Å². The number of nitrogens with one attached hydrogen (secondary N) is 1. The third-order valence-electron chi connectivity index (χ3n) is 3.91. The fourth-order valence-corrected chi connectivity index (χ4v) is 2.16. The molecule has 110 valence electrons. The van der Waals surface area contributed by atoms with Crippen molar-refractivity contribution in [3.63, 3.8) is 0 Å². The van der Waals surface area contributed by atoms with Crippen LogP contribution < -0.4 is 5.32 Å². The zero-order valence-corrected chi connectivity index (χ0v) is 13.3. The van der Waals surface area contributed by atoms with E-state index in [9.17, 15) is 0 Å². The Morgan fingerprint density at radius 3 is 2.11 bits per heavy atom. The smallest absolute Gasteiger partial charge is 0.0589 e. The molecule has 0 saturated heterocycles. The molecule has 3 heteroatoms. The first-order valence-electron chi connectivity index (χ1n) is 7.53. The van der Waals surface area contributed by atoms with E-state index in [4.69, 9.17) is 4.74 Å². The summed E-state index contributed by atoms with van der Waals surface area (Å²) in [7, 11) is 1.78. The SMILES string of the molecule is CCC(CC)N(CCNC(C)C(C)C)CCOC. The van der Waals surface area contributed by atoms with Crippen LogP contribution in [0.2, 0.25) is 0 Å². The average molecular weight is 258 g/mol. The summed E-state index contributed by atoms with van der Waals surface area (Å²) in [4.78, 5) is 2.56. The maximum atomic E-state index is 5.22. The van der Waals surface area contributed by atoms with E-state index in [0.29, 0.717) is 18.0 Å². The molecule has 1 unspecified atom stereocenters. The molecule has 0 aliphatic carbocycles. The van der Waals surface area contributed by atoms with Gasteiger partial charge in [-0.25, -0.2) is 0 Å². The van der Waals surface area contributed by atoms with Crippen molar-refractivity contribution in [1.29, 1.82) is 0 Å². The molecule has 0 aromatic rings. The lowest BCUT2D eigenvalue weighted by Gasteiger charge is -2.31. The summed E-state index contributed by atoms with van der Waals surface area (Å²) < 4.78 is 5.22. The normalized spacial score (nSPS) is 13.8. The second-order valence-electron chi connectivity index (χ2n) is 5.49. The van der Waals surface area contributed by atoms with Crippen LogP contribution >= 0.6 is 0 Å². The molecular weight excluding hydrogens is 224 g/mol. The van der Waals surface area contributed by atoms with Crippen molar-refractivity contribution < 1.29 is 4.74 Å². The Morgan fingerprint density at radius 1 is 1.06 bits per heavy atom. The zero-order chi connectivity index (χ0) is 14.0. The van der Waals surface area contributed by atoms with Crippen LogP contribution in [0.5, 0.6) is 0 Å². The summed E-state index contributed by atoms with van der Waals surface area (Å²) in [6.45, 7) is 15.4. The summed E-state index contributed by atoms with van der Waals surface area (Å²) in [5, 5.41) is 3.61. The highest BCUT2D eigenvalue weighted by Crippen LogP contribution is 2.08. The monoisotopic (exact) mass is 258 g/mol. The minimum Gasteiger partial charge on any atom is -0.383 e. The quantitative estimate of drug-likeness (QED) is 0.617. The van der Waals surface area contributed by atoms with Gasteiger partial charge in [0, 0.05) is 38.8 Å². The summed E-state index contributed by atoms with van der Waals surface area (Å²) in [5.41, 5.74) is 0. The largest absolute Gasteiger partial charge is 0.383 e. The van der Waals surface area contributed by atoms with Crippen molar-refractivity contribution in [2.75, 3.05) is 33.4 Å². The van der Waals surface area contributed by atoms with Gasteiger partial charge in [-0.15, -0.1) is 0 Å². The van der Waals surface area contributed by atoms with Gasteiger partial charge in [-0.2, -0.15) is 0 Å². The van der Waals surface area contributed by atoms with Crippen LogP contribution in [0.4, 0.5) is 0 Å². The lowest BCUT2D eigenvalue weighted by Crippen LogP contribution is -2.43. The van der Waals surface area contributed by atoms with Gasteiger partial charge >= 0.3 is 0 Å². The van der Waals surface area contributed by atoms with Crippen molar-refractivity contribution in [2.45, 2.75) is 59.5 Å². The number of ether oxygens (including phenoxy) is 1. The first-order chi connectivity index (χ1) is 8.56. The molecule has 0 saturated carbocycles. The van der Waals surface area contributed by atoms with E-state index in [1.165, 1.54) is 12.8 Å². The van der Waals surface area contributed by atoms with Crippen LogP contribution in [0.3, 0.4) is 0 Å². The Kier molecular flexibility index (Phi) is 10.7. The topological polar surface area (TPSA) is 24.5 Å². The van der Waals surface area contributed by atoms with E-state index >= 15 is 0 Å². The van der Waals surface area contributed by atoms with Crippen molar-refractivity contribution >= 4 is 0 Å². The van der Waals surface area contributed by atoms with Crippen molar-refractivity contribution in [2.24, 2.45) is 5.92 Å². The van der Waals surface area contributed by atoms with E-state index in [0.717, 1.165) is 26.2 Å². The fourth-order valence-electron chi connectivity index (χ4n) is 2.16. The van der Waals surface area contributed by atoms with E-state index in [1.807, 2.05) is 0 Å². The third-order valence-corrected chi connectivity index (χ3v) is 3.91. The Bertz CT molecular complexity index is 181. The predicted octanol–water partition coefficient (Wildman–Crippen LogP) is 2.76. The molecule has 0 aromatic carbocycles. The van der Waals surface area contributed by atoms with Crippen molar-refractivity contribution in [3.05, 3.63) is 0 Å². The van der Waals surface area contributed by atoms with Gasteiger partial charge in [-0.3, -0.25) is 4.90 Å². The standard InChI is InChI=1S/C15H34N2O/c1-7-15(8-2)17(11-12-18-6)10-9-16-14(5)13(3)4/h13-16H,7-12H2,1-6H3. The molecule has 0 bridgehead atoms. The molecule has 0 aromatic heterocycles. The molecule has 0 heterocycles. The Balaban J connectivity index is 4.07. The molecule has 0 amide bonds. The minimum atomic E-state index is 0.593. The molecule has 0 rings (SSSR count). The molecule has 0 radical (unpaired) electrons. The lowest BCUT2D eigenvalue weighted by atomic mass is 10.1. The number of rotatable bonds is 11. The number of methoxy groups -OCH3 is 1. The molecule has 0 aliphatic heterocycles. The minimum absolute atomic E-state index is 0.593. The first-order valence-corrected chi connectivity index (χ1v) is 7.53. The maximum Gasteiger partial charge on any atom is 0.0589 e. The molecule has 0 spiro atoms. The van der Waals surface area contributed by atoms with Gasteiger partial charge in [0.2, 0.25) is 0 Å². The van der Waals surface area contributed by atoms with Crippen molar-refractivity contribution in [3.8, 4) is 0 Å². The summed E-state index contributed by atoms with van der Waals surface area (Å²) in [6.07, 6.45) is 2.44. The average Bonchev–Trinajstić information content (AvgIpc) is 2.36. The Labute approximate surface area is 114 Å². The second kappa shape index (κ2) is 10.8. The second-order valence-corrected chi connectivity index (χ2v) is 5.49. The molecule has 0 aliphatic rings. The highest BCUT2D eigenvalue weighted by atomic mass is 16.5. The van der Waals surface area contributed by atoms with Crippen LogP contribution in [0.25, 0.3) is 0 Å². The van der Waals surface area contributed by atoms with Crippen molar-refractivity contribution in [1.82, 2.24) is 10.2 Å². The van der Waals surface area contributed by atoms with Gasteiger partial charge in [0.15, 0.2) is 0 Å². The predicted molar refractivity (Wildman–Crippen MR) is 80.1 cm³/mol. The third kappa shape index (κ3) is 7.34. The molecule has 0 fully saturated rings. The molecular formula is C15H34N2O.